The largest absolute Gasteiger partial charge is 0.481 e. The molecule has 3 N–H and O–H groups in total. The van der Waals surface area contributed by atoms with Crippen LogP contribution in [0.25, 0.3) is 0 Å². The van der Waals surface area contributed by atoms with Crippen LogP contribution in [0.4, 0.5) is 5.69 Å². The van der Waals surface area contributed by atoms with Crippen molar-refractivity contribution in [1.29, 1.82) is 0 Å². The minimum Gasteiger partial charge on any atom is -0.481 e. The maximum Gasteiger partial charge on any atom is 0.339 e. The number of anilines is 1. The number of rotatable bonds is 3. The van der Waals surface area contributed by atoms with Gasteiger partial charge in [0.25, 0.3) is 0 Å². The van der Waals surface area contributed by atoms with E-state index in [1.165, 1.54) is 7.11 Å². The fourth-order valence-corrected chi connectivity index (χ4v) is 1.14. The zero-order chi connectivity index (χ0) is 15.0. The lowest BCUT2D eigenvalue weighted by molar-refractivity contribution is -0.141. The van der Waals surface area contributed by atoms with Crippen molar-refractivity contribution < 1.29 is 19.4 Å². The predicted molar refractivity (Wildman–Crippen MR) is 74.0 cm³/mol. The molecule has 1 aromatic carbocycles. The Morgan fingerprint density at radius 2 is 2.00 bits per heavy atom. The van der Waals surface area contributed by atoms with Crippen LogP contribution in [0.1, 0.15) is 36.2 Å². The summed E-state index contributed by atoms with van der Waals surface area (Å²) >= 11 is 0. The van der Waals surface area contributed by atoms with Crippen LogP contribution in [-0.4, -0.2) is 24.2 Å². The van der Waals surface area contributed by atoms with E-state index in [-0.39, 0.29) is 5.92 Å². The molecule has 19 heavy (non-hydrogen) atoms. The van der Waals surface area contributed by atoms with Crippen molar-refractivity contribution in [3.8, 4) is 0 Å². The number of carboxylic acids is 1. The number of nitrogen functional groups attached to an aromatic ring is 1. The lowest BCUT2D eigenvalue weighted by atomic mass is 10.1. The summed E-state index contributed by atoms with van der Waals surface area (Å²) in [6.07, 6.45) is 0.718. The number of ether oxygens (including phenoxy) is 1. The van der Waals surface area contributed by atoms with Crippen LogP contribution in [0.3, 0.4) is 0 Å². The van der Waals surface area contributed by atoms with E-state index in [0.29, 0.717) is 11.3 Å². The minimum absolute atomic E-state index is 0.181. The van der Waals surface area contributed by atoms with E-state index in [0.717, 1.165) is 12.0 Å². The number of esters is 1. The highest BCUT2D eigenvalue weighted by atomic mass is 16.5. The molecule has 1 unspecified atom stereocenters. The first kappa shape index (κ1) is 17.0. The highest BCUT2D eigenvalue weighted by molar-refractivity contribution is 5.95. The van der Waals surface area contributed by atoms with E-state index in [9.17, 15) is 9.59 Å². The standard InChI is InChI=1S/C9H11NO2.C5H10O2/c1-6-4-3-5-7(8(6)10)9(11)12-2;1-3-4(2)5(6)7/h3-5H,10H2,1-2H3;4H,3H2,1-2H3,(H,6,7). The summed E-state index contributed by atoms with van der Waals surface area (Å²) in [5.41, 5.74) is 7.46. The second-order valence-corrected chi connectivity index (χ2v) is 4.18. The number of para-hydroxylation sites is 1. The molecular formula is C14H21NO4. The van der Waals surface area contributed by atoms with Gasteiger partial charge in [-0.1, -0.05) is 26.0 Å². The molecule has 5 nitrogen and oxygen atoms in total. The van der Waals surface area contributed by atoms with Gasteiger partial charge >= 0.3 is 11.9 Å². The summed E-state index contributed by atoms with van der Waals surface area (Å²) in [6.45, 7) is 5.41. The van der Waals surface area contributed by atoms with Gasteiger partial charge in [0.05, 0.1) is 18.6 Å². The third-order valence-electron chi connectivity index (χ3n) is 2.76. The molecule has 0 aliphatic carbocycles. The summed E-state index contributed by atoms with van der Waals surface area (Å²) in [5, 5.41) is 8.18. The molecule has 0 spiro atoms. The Hall–Kier alpha value is -2.04. The first-order valence-corrected chi connectivity index (χ1v) is 6.01. The number of aryl methyl sites for hydroxylation is 1. The highest BCUT2D eigenvalue weighted by Crippen LogP contribution is 2.16. The van der Waals surface area contributed by atoms with Crippen molar-refractivity contribution in [2.45, 2.75) is 27.2 Å². The van der Waals surface area contributed by atoms with Gasteiger partial charge in [-0.25, -0.2) is 4.79 Å². The number of carbonyl (C=O) groups is 2. The predicted octanol–water partition coefficient (Wildman–Crippen LogP) is 2.48. The SMILES string of the molecule is CCC(C)C(=O)O.COC(=O)c1cccc(C)c1N. The van der Waals surface area contributed by atoms with Crippen LogP contribution in [-0.2, 0) is 9.53 Å². The summed E-state index contributed by atoms with van der Waals surface area (Å²) in [6, 6.07) is 5.27. The molecule has 1 atom stereocenters. The molecular weight excluding hydrogens is 246 g/mol. The number of aliphatic carboxylic acids is 1. The highest BCUT2D eigenvalue weighted by Gasteiger charge is 2.09. The monoisotopic (exact) mass is 267 g/mol. The van der Waals surface area contributed by atoms with Gasteiger partial charge < -0.3 is 15.6 Å². The van der Waals surface area contributed by atoms with Crippen LogP contribution < -0.4 is 5.73 Å². The Kier molecular flexibility index (Phi) is 7.26. The third-order valence-corrected chi connectivity index (χ3v) is 2.76. The molecule has 1 rings (SSSR count). The van der Waals surface area contributed by atoms with Crippen LogP contribution in [0.15, 0.2) is 18.2 Å². The quantitative estimate of drug-likeness (QED) is 0.648. The molecule has 0 fully saturated rings. The fraction of sp³-hybridized carbons (Fsp3) is 0.429. The van der Waals surface area contributed by atoms with E-state index in [1.54, 1.807) is 19.1 Å². The van der Waals surface area contributed by atoms with Crippen molar-refractivity contribution in [2.24, 2.45) is 5.92 Å². The number of nitrogens with two attached hydrogens (primary N) is 1. The van der Waals surface area contributed by atoms with Crippen LogP contribution in [0, 0.1) is 12.8 Å². The van der Waals surface area contributed by atoms with Crippen molar-refractivity contribution >= 4 is 17.6 Å². The average Bonchev–Trinajstić information content (AvgIpc) is 2.40. The first-order chi connectivity index (χ1) is 8.84. The normalized spacial score (nSPS) is 10.9. The summed E-state index contributed by atoms with van der Waals surface area (Å²) in [4.78, 5) is 21.0. The van der Waals surface area contributed by atoms with Gasteiger partial charge in [-0.2, -0.15) is 0 Å². The van der Waals surface area contributed by atoms with Crippen molar-refractivity contribution in [3.63, 3.8) is 0 Å². The average molecular weight is 267 g/mol. The zero-order valence-electron chi connectivity index (χ0n) is 11.8. The van der Waals surface area contributed by atoms with E-state index in [4.69, 9.17) is 10.8 Å². The van der Waals surface area contributed by atoms with Gasteiger partial charge in [-0.3, -0.25) is 4.79 Å². The molecule has 0 saturated heterocycles. The zero-order valence-corrected chi connectivity index (χ0v) is 11.8. The molecule has 0 bridgehead atoms. The third kappa shape index (κ3) is 5.42. The summed E-state index contributed by atoms with van der Waals surface area (Å²) < 4.78 is 4.55. The van der Waals surface area contributed by atoms with Crippen LogP contribution in [0.5, 0.6) is 0 Å². The molecule has 106 valence electrons. The Bertz CT molecular complexity index is 443. The molecule has 0 amide bonds. The van der Waals surface area contributed by atoms with Crippen LogP contribution in [0.2, 0.25) is 0 Å². The molecule has 0 saturated carbocycles. The van der Waals surface area contributed by atoms with Gasteiger partial charge in [0.2, 0.25) is 0 Å². The van der Waals surface area contributed by atoms with Crippen molar-refractivity contribution in [3.05, 3.63) is 29.3 Å². The number of carboxylic acid groups (broad SMARTS) is 1. The number of hydrogen-bond donors (Lipinski definition) is 2. The second kappa shape index (κ2) is 8.13. The van der Waals surface area contributed by atoms with E-state index >= 15 is 0 Å². The summed E-state index contributed by atoms with van der Waals surface area (Å²) in [7, 11) is 1.34. The maximum atomic E-state index is 11.1. The maximum absolute atomic E-state index is 11.1. The lowest BCUT2D eigenvalue weighted by Crippen LogP contribution is -2.06. The molecule has 5 heteroatoms. The lowest BCUT2D eigenvalue weighted by Gasteiger charge is -2.04. The number of carbonyl (C=O) groups excluding carboxylic acids is 1. The smallest absolute Gasteiger partial charge is 0.339 e. The Balaban J connectivity index is 0.000000399. The van der Waals surface area contributed by atoms with Gasteiger partial charge in [0.15, 0.2) is 0 Å². The van der Waals surface area contributed by atoms with Gasteiger partial charge in [0, 0.05) is 5.69 Å². The van der Waals surface area contributed by atoms with Crippen molar-refractivity contribution in [1.82, 2.24) is 0 Å². The summed E-state index contributed by atoms with van der Waals surface area (Å²) in [5.74, 6) is -1.28. The van der Waals surface area contributed by atoms with Gasteiger partial charge in [0.1, 0.15) is 0 Å². The van der Waals surface area contributed by atoms with E-state index in [2.05, 4.69) is 4.74 Å². The van der Waals surface area contributed by atoms with E-state index in [1.807, 2.05) is 19.9 Å². The first-order valence-electron chi connectivity index (χ1n) is 6.01. The second-order valence-electron chi connectivity index (χ2n) is 4.18. The Morgan fingerprint density at radius 3 is 2.37 bits per heavy atom. The topological polar surface area (TPSA) is 89.6 Å². The molecule has 1 aromatic rings. The molecule has 0 radical (unpaired) electrons. The minimum atomic E-state index is -0.706. The number of benzene rings is 1. The van der Waals surface area contributed by atoms with E-state index < -0.39 is 11.9 Å². The number of methoxy groups -OCH3 is 1. The van der Waals surface area contributed by atoms with Crippen molar-refractivity contribution in [2.75, 3.05) is 12.8 Å². The molecule has 0 aromatic heterocycles. The van der Waals surface area contributed by atoms with Gasteiger partial charge in [-0.05, 0) is 25.0 Å². The van der Waals surface area contributed by atoms with Crippen LogP contribution >= 0.6 is 0 Å². The Morgan fingerprint density at radius 1 is 1.42 bits per heavy atom. The number of hydrogen-bond acceptors (Lipinski definition) is 4. The molecule has 0 heterocycles. The molecule has 0 aliphatic rings. The van der Waals surface area contributed by atoms with Gasteiger partial charge in [-0.15, -0.1) is 0 Å². The molecule has 0 aliphatic heterocycles. The Labute approximate surface area is 113 Å². The fourth-order valence-electron chi connectivity index (χ4n) is 1.14.